The summed E-state index contributed by atoms with van der Waals surface area (Å²) in [6.45, 7) is 2.51. The number of benzene rings is 2. The highest BCUT2D eigenvalue weighted by Crippen LogP contribution is 2.40. The Morgan fingerprint density at radius 3 is 2.63 bits per heavy atom. The number of carbonyl (C=O) groups excluding carboxylic acids is 2. The van der Waals surface area contributed by atoms with E-state index in [4.69, 9.17) is 5.73 Å². The number of amides is 2. The highest BCUT2D eigenvalue weighted by atomic mass is 32.2. The maximum atomic E-state index is 13.2. The molecule has 0 radical (unpaired) electrons. The van der Waals surface area contributed by atoms with Crippen molar-refractivity contribution in [3.05, 3.63) is 35.9 Å². The van der Waals surface area contributed by atoms with Gasteiger partial charge in [-0.3, -0.25) is 9.59 Å². The predicted octanol–water partition coefficient (Wildman–Crippen LogP) is 2.62. The van der Waals surface area contributed by atoms with Crippen molar-refractivity contribution in [3.63, 3.8) is 0 Å². The van der Waals surface area contributed by atoms with E-state index in [0.717, 1.165) is 35.7 Å². The molecule has 2 aliphatic rings. The van der Waals surface area contributed by atoms with Gasteiger partial charge in [-0.1, -0.05) is 31.4 Å². The van der Waals surface area contributed by atoms with Gasteiger partial charge in [0, 0.05) is 22.9 Å². The fourth-order valence-electron chi connectivity index (χ4n) is 4.28. The third-order valence-corrected chi connectivity index (χ3v) is 7.06. The van der Waals surface area contributed by atoms with Gasteiger partial charge in [0.25, 0.3) is 5.91 Å². The molecule has 4 rings (SSSR count). The Labute approximate surface area is 160 Å². The summed E-state index contributed by atoms with van der Waals surface area (Å²) >= 11 is 0. The zero-order chi connectivity index (χ0) is 19.2. The lowest BCUT2D eigenvalue weighted by Crippen LogP contribution is -2.56. The number of hydrogen-bond donors (Lipinski definition) is 2. The molecule has 142 valence electrons. The molecule has 27 heavy (non-hydrogen) atoms. The molecule has 1 saturated carbocycles. The van der Waals surface area contributed by atoms with E-state index in [-0.39, 0.29) is 5.91 Å². The lowest BCUT2D eigenvalue weighted by Gasteiger charge is -2.34. The van der Waals surface area contributed by atoms with Crippen molar-refractivity contribution in [2.45, 2.75) is 49.5 Å². The highest BCUT2D eigenvalue weighted by molar-refractivity contribution is 7.83. The van der Waals surface area contributed by atoms with Gasteiger partial charge in [0.15, 0.2) is 0 Å². The van der Waals surface area contributed by atoms with Crippen LogP contribution in [0.25, 0.3) is 10.8 Å². The topological polar surface area (TPSA) is 92.5 Å². The molecule has 1 atom stereocenters. The fraction of sp³-hybridized carbons (Fsp3) is 0.400. The number of carbonyl (C=O) groups is 2. The Morgan fingerprint density at radius 1 is 1.22 bits per heavy atom. The number of anilines is 1. The Hall–Kier alpha value is -2.25. The first kappa shape index (κ1) is 18.1. The van der Waals surface area contributed by atoms with E-state index in [1.165, 1.54) is 0 Å². The molecule has 2 aromatic rings. The monoisotopic (exact) mass is 385 g/mol. The van der Waals surface area contributed by atoms with Crippen LogP contribution >= 0.6 is 0 Å². The second-order valence-corrected chi connectivity index (χ2v) is 8.42. The van der Waals surface area contributed by atoms with Crippen molar-refractivity contribution in [1.29, 1.82) is 0 Å². The summed E-state index contributed by atoms with van der Waals surface area (Å²) in [4.78, 5) is 27.0. The third kappa shape index (κ3) is 2.76. The first-order valence-electron chi connectivity index (χ1n) is 9.35. The normalized spacial score (nSPS) is 19.4. The fourth-order valence-corrected chi connectivity index (χ4v) is 5.61. The summed E-state index contributed by atoms with van der Waals surface area (Å²) in [5.41, 5.74) is 6.21. The zero-order valence-electron chi connectivity index (χ0n) is 15.3. The smallest absolute Gasteiger partial charge is 0.258 e. The summed E-state index contributed by atoms with van der Waals surface area (Å²) < 4.78 is 16.2. The molecule has 6 nitrogen and oxygen atoms in total. The largest absolute Gasteiger partial charge is 0.368 e. The quantitative estimate of drug-likeness (QED) is 0.829. The van der Waals surface area contributed by atoms with Crippen LogP contribution in [0.2, 0.25) is 0 Å². The summed E-state index contributed by atoms with van der Waals surface area (Å²) in [6, 6.07) is 9.11. The van der Waals surface area contributed by atoms with Gasteiger partial charge in [0.05, 0.1) is 10.6 Å². The standard InChI is InChI=1S/C20H23N3O3S/c1-2-23-15-9-10-16(13-7-6-8-14(17(13)15)18(23)24)27(26)22-20(19(21)25)11-4-3-5-12-20/h6-10,22H,2-5,11-12H2,1H3,(H2,21,25). The van der Waals surface area contributed by atoms with Gasteiger partial charge in [-0.15, -0.1) is 0 Å². The van der Waals surface area contributed by atoms with Gasteiger partial charge in [-0.2, -0.15) is 0 Å². The molecular weight excluding hydrogens is 362 g/mol. The Bertz CT molecular complexity index is 966. The molecule has 0 saturated heterocycles. The van der Waals surface area contributed by atoms with Crippen LogP contribution in [0.15, 0.2) is 35.2 Å². The molecule has 0 bridgehead atoms. The minimum Gasteiger partial charge on any atom is -0.368 e. The lowest BCUT2D eigenvalue weighted by molar-refractivity contribution is -0.124. The van der Waals surface area contributed by atoms with Crippen molar-refractivity contribution in [1.82, 2.24) is 4.72 Å². The van der Waals surface area contributed by atoms with E-state index >= 15 is 0 Å². The number of nitrogens with zero attached hydrogens (tertiary/aromatic N) is 1. The van der Waals surface area contributed by atoms with E-state index < -0.39 is 22.4 Å². The second kappa shape index (κ2) is 6.73. The summed E-state index contributed by atoms with van der Waals surface area (Å²) in [5, 5.41) is 1.60. The number of nitrogens with one attached hydrogen (secondary N) is 1. The van der Waals surface area contributed by atoms with E-state index in [2.05, 4.69) is 4.72 Å². The zero-order valence-corrected chi connectivity index (χ0v) is 16.1. The van der Waals surface area contributed by atoms with Gasteiger partial charge in [0.1, 0.15) is 16.5 Å². The molecule has 7 heteroatoms. The number of nitrogens with two attached hydrogens (primary N) is 1. The Morgan fingerprint density at radius 2 is 1.96 bits per heavy atom. The van der Waals surface area contributed by atoms with Crippen LogP contribution in [0, 0.1) is 0 Å². The second-order valence-electron chi connectivity index (χ2n) is 7.24. The van der Waals surface area contributed by atoms with Crippen LogP contribution in [0.3, 0.4) is 0 Å². The minimum absolute atomic E-state index is 0.0325. The Kier molecular flexibility index (Phi) is 4.52. The summed E-state index contributed by atoms with van der Waals surface area (Å²) in [6.07, 6.45) is 4.02. The molecule has 2 amide bonds. The lowest BCUT2D eigenvalue weighted by atomic mass is 9.82. The van der Waals surface area contributed by atoms with Gasteiger partial charge < -0.3 is 10.6 Å². The van der Waals surface area contributed by atoms with Crippen LogP contribution in [0.5, 0.6) is 0 Å². The first-order chi connectivity index (χ1) is 13.0. The van der Waals surface area contributed by atoms with Crippen LogP contribution in [0.4, 0.5) is 5.69 Å². The predicted molar refractivity (Wildman–Crippen MR) is 106 cm³/mol. The third-order valence-electron chi connectivity index (χ3n) is 5.73. The van der Waals surface area contributed by atoms with Gasteiger partial charge in [0.2, 0.25) is 5.91 Å². The van der Waals surface area contributed by atoms with E-state index in [1.54, 1.807) is 17.0 Å². The van der Waals surface area contributed by atoms with Crippen LogP contribution in [0.1, 0.15) is 49.4 Å². The van der Waals surface area contributed by atoms with Crippen molar-refractivity contribution in [2.75, 3.05) is 11.4 Å². The first-order valence-corrected chi connectivity index (χ1v) is 10.5. The summed E-state index contributed by atoms with van der Waals surface area (Å²) in [5.74, 6) is -0.483. The maximum absolute atomic E-state index is 13.2. The van der Waals surface area contributed by atoms with E-state index in [9.17, 15) is 13.8 Å². The summed E-state index contributed by atoms with van der Waals surface area (Å²) in [7, 11) is -1.61. The Balaban J connectivity index is 1.77. The molecule has 1 unspecified atom stereocenters. The molecular formula is C20H23N3O3S. The average molecular weight is 385 g/mol. The SMILES string of the molecule is CCN1C(=O)c2cccc3c(S(=O)NC4(C(N)=O)CCCCC4)ccc1c23. The average Bonchev–Trinajstić information content (AvgIpc) is 2.95. The minimum atomic E-state index is -1.61. The number of hydrogen-bond acceptors (Lipinski definition) is 3. The van der Waals surface area contributed by atoms with Gasteiger partial charge in [-0.25, -0.2) is 8.93 Å². The van der Waals surface area contributed by atoms with Crippen molar-refractivity contribution >= 4 is 39.3 Å². The number of primary amides is 1. The highest BCUT2D eigenvalue weighted by Gasteiger charge is 2.40. The molecule has 0 aromatic heterocycles. The van der Waals surface area contributed by atoms with Gasteiger partial charge >= 0.3 is 0 Å². The molecule has 1 heterocycles. The molecule has 1 aliphatic carbocycles. The number of rotatable bonds is 5. The maximum Gasteiger partial charge on any atom is 0.258 e. The molecule has 3 N–H and O–H groups in total. The molecule has 1 fully saturated rings. The molecule has 1 aliphatic heterocycles. The van der Waals surface area contributed by atoms with E-state index in [0.29, 0.717) is 29.8 Å². The van der Waals surface area contributed by atoms with Crippen molar-refractivity contribution in [3.8, 4) is 0 Å². The van der Waals surface area contributed by atoms with Crippen LogP contribution in [-0.4, -0.2) is 28.1 Å². The van der Waals surface area contributed by atoms with Crippen LogP contribution in [-0.2, 0) is 15.8 Å². The molecule has 0 spiro atoms. The van der Waals surface area contributed by atoms with E-state index in [1.807, 2.05) is 25.1 Å². The van der Waals surface area contributed by atoms with Crippen molar-refractivity contribution < 1.29 is 13.8 Å². The van der Waals surface area contributed by atoms with Gasteiger partial charge in [-0.05, 0) is 38.0 Å². The van der Waals surface area contributed by atoms with Crippen molar-refractivity contribution in [2.24, 2.45) is 5.73 Å². The van der Waals surface area contributed by atoms with Crippen LogP contribution < -0.4 is 15.4 Å². The molecule has 2 aromatic carbocycles.